The van der Waals surface area contributed by atoms with Gasteiger partial charge < -0.3 is 15.5 Å². The molecule has 1 aromatic carbocycles. The number of rotatable bonds is 6. The summed E-state index contributed by atoms with van der Waals surface area (Å²) in [7, 11) is 5.16. The molecule has 1 aromatic rings. The van der Waals surface area contributed by atoms with Crippen LogP contribution >= 0.6 is 24.0 Å². The molecule has 0 bridgehead atoms. The first-order valence-corrected chi connectivity index (χ1v) is 7.33. The first-order chi connectivity index (χ1) is 10.4. The molecule has 1 amide bonds. The lowest BCUT2D eigenvalue weighted by molar-refractivity contribution is -0.128. The van der Waals surface area contributed by atoms with Crippen LogP contribution < -0.4 is 10.6 Å². The fourth-order valence-electron chi connectivity index (χ4n) is 1.99. The van der Waals surface area contributed by atoms with Crippen molar-refractivity contribution >= 4 is 35.8 Å². The average molecular weight is 436 g/mol. The third-order valence-corrected chi connectivity index (χ3v) is 3.35. The molecule has 0 atom stereocenters. The Bertz CT molecular complexity index is 535. The van der Waals surface area contributed by atoms with E-state index >= 15 is 0 Å². The molecule has 2 N–H and O–H groups in total. The van der Waals surface area contributed by atoms with Crippen LogP contribution in [-0.4, -0.2) is 51.0 Å². The third kappa shape index (κ3) is 8.15. The molecule has 0 saturated carbocycles. The minimum absolute atomic E-state index is 0. The highest BCUT2D eigenvalue weighted by Crippen LogP contribution is 2.10. The molecule has 0 aliphatic heterocycles. The van der Waals surface area contributed by atoms with Gasteiger partial charge in [-0.25, -0.2) is 4.39 Å². The maximum Gasteiger partial charge on any atom is 0.223 e. The zero-order valence-electron chi connectivity index (χ0n) is 14.1. The van der Waals surface area contributed by atoms with Crippen LogP contribution in [0.5, 0.6) is 0 Å². The fourth-order valence-corrected chi connectivity index (χ4v) is 1.99. The first-order valence-electron chi connectivity index (χ1n) is 7.33. The van der Waals surface area contributed by atoms with Gasteiger partial charge in [-0.15, -0.1) is 24.0 Å². The molecule has 7 heteroatoms. The van der Waals surface area contributed by atoms with E-state index in [9.17, 15) is 9.18 Å². The molecular formula is C16H26FIN4O. The van der Waals surface area contributed by atoms with E-state index < -0.39 is 0 Å². The van der Waals surface area contributed by atoms with Gasteiger partial charge in [0.25, 0.3) is 0 Å². The number of benzene rings is 1. The zero-order chi connectivity index (χ0) is 16.5. The summed E-state index contributed by atoms with van der Waals surface area (Å²) in [5, 5.41) is 6.28. The van der Waals surface area contributed by atoms with Crippen molar-refractivity contribution in [2.75, 3.05) is 34.2 Å². The van der Waals surface area contributed by atoms with Crippen molar-refractivity contribution in [1.82, 2.24) is 15.5 Å². The smallest absolute Gasteiger partial charge is 0.223 e. The maximum atomic E-state index is 13.0. The zero-order valence-corrected chi connectivity index (χ0v) is 16.5. The Morgan fingerprint density at radius 2 is 1.91 bits per heavy atom. The molecule has 0 spiro atoms. The fraction of sp³-hybridized carbons (Fsp3) is 0.500. The molecule has 0 aromatic heterocycles. The van der Waals surface area contributed by atoms with E-state index in [1.807, 2.05) is 6.92 Å². The molecule has 0 aliphatic carbocycles. The van der Waals surface area contributed by atoms with Crippen molar-refractivity contribution in [3.8, 4) is 0 Å². The SMILES string of the molecule is CN=C(NCCC(=O)N(C)C)NCCc1ccc(F)cc1C.I. The molecule has 0 saturated heterocycles. The van der Waals surface area contributed by atoms with Gasteiger partial charge in [-0.3, -0.25) is 9.79 Å². The molecule has 0 radical (unpaired) electrons. The van der Waals surface area contributed by atoms with Crippen molar-refractivity contribution in [1.29, 1.82) is 0 Å². The van der Waals surface area contributed by atoms with E-state index in [0.717, 1.165) is 17.5 Å². The van der Waals surface area contributed by atoms with Gasteiger partial charge in [-0.2, -0.15) is 0 Å². The number of nitrogens with one attached hydrogen (secondary N) is 2. The second kappa shape index (κ2) is 11.2. The number of halogens is 2. The summed E-state index contributed by atoms with van der Waals surface area (Å²) in [4.78, 5) is 17.1. The van der Waals surface area contributed by atoms with E-state index in [1.54, 1.807) is 32.1 Å². The van der Waals surface area contributed by atoms with Crippen molar-refractivity contribution in [3.63, 3.8) is 0 Å². The van der Waals surface area contributed by atoms with Crippen LogP contribution in [0.4, 0.5) is 4.39 Å². The van der Waals surface area contributed by atoms with Crippen LogP contribution in [-0.2, 0) is 11.2 Å². The van der Waals surface area contributed by atoms with Gasteiger partial charge in [-0.05, 0) is 36.6 Å². The topological polar surface area (TPSA) is 56.7 Å². The molecule has 0 heterocycles. The first kappa shape index (κ1) is 21.6. The number of aryl methyl sites for hydroxylation is 1. The number of nitrogens with zero attached hydrogens (tertiary/aromatic N) is 2. The van der Waals surface area contributed by atoms with Gasteiger partial charge >= 0.3 is 0 Å². The van der Waals surface area contributed by atoms with E-state index in [1.165, 1.54) is 12.1 Å². The lowest BCUT2D eigenvalue weighted by Crippen LogP contribution is -2.40. The minimum atomic E-state index is -0.211. The molecule has 1 rings (SSSR count). The van der Waals surface area contributed by atoms with Gasteiger partial charge in [-0.1, -0.05) is 6.07 Å². The molecule has 23 heavy (non-hydrogen) atoms. The standard InChI is InChI=1S/C16H25FN4O.HI/c1-12-11-14(17)6-5-13(12)7-9-19-16(18-2)20-10-8-15(22)21(3)4;/h5-6,11H,7-10H2,1-4H3,(H2,18,19,20);1H. The third-order valence-electron chi connectivity index (χ3n) is 3.35. The van der Waals surface area contributed by atoms with Gasteiger partial charge in [0, 0.05) is 40.7 Å². The van der Waals surface area contributed by atoms with Crippen molar-refractivity contribution in [2.45, 2.75) is 19.8 Å². The normalized spacial score (nSPS) is 10.7. The number of hydrogen-bond donors (Lipinski definition) is 2. The van der Waals surface area contributed by atoms with Crippen LogP contribution in [0.15, 0.2) is 23.2 Å². The summed E-state index contributed by atoms with van der Waals surface area (Å²) in [6, 6.07) is 4.82. The number of aliphatic imine (C=N–C) groups is 1. The van der Waals surface area contributed by atoms with Crippen LogP contribution in [0.1, 0.15) is 17.5 Å². The Morgan fingerprint density at radius 3 is 2.48 bits per heavy atom. The maximum absolute atomic E-state index is 13.0. The second-order valence-corrected chi connectivity index (χ2v) is 5.28. The van der Waals surface area contributed by atoms with Crippen LogP contribution in [0.3, 0.4) is 0 Å². The summed E-state index contributed by atoms with van der Waals surface area (Å²) >= 11 is 0. The lowest BCUT2D eigenvalue weighted by atomic mass is 10.1. The molecule has 0 unspecified atom stereocenters. The predicted molar refractivity (Wildman–Crippen MR) is 103 cm³/mol. The molecule has 0 aliphatic rings. The monoisotopic (exact) mass is 436 g/mol. The van der Waals surface area contributed by atoms with E-state index in [4.69, 9.17) is 0 Å². The van der Waals surface area contributed by atoms with E-state index in [0.29, 0.717) is 25.5 Å². The van der Waals surface area contributed by atoms with Crippen LogP contribution in [0.2, 0.25) is 0 Å². The summed E-state index contributed by atoms with van der Waals surface area (Å²) in [6.07, 6.45) is 1.20. The van der Waals surface area contributed by atoms with Crippen LogP contribution in [0, 0.1) is 12.7 Å². The molecule has 5 nitrogen and oxygen atoms in total. The minimum Gasteiger partial charge on any atom is -0.356 e. The highest BCUT2D eigenvalue weighted by atomic mass is 127. The quantitative estimate of drug-likeness (QED) is 0.407. The number of carbonyl (C=O) groups is 1. The largest absolute Gasteiger partial charge is 0.356 e. The van der Waals surface area contributed by atoms with E-state index in [2.05, 4.69) is 15.6 Å². The van der Waals surface area contributed by atoms with Crippen molar-refractivity contribution in [2.24, 2.45) is 4.99 Å². The Morgan fingerprint density at radius 1 is 1.26 bits per heavy atom. The highest BCUT2D eigenvalue weighted by Gasteiger charge is 2.05. The Labute approximate surface area is 154 Å². The molecular weight excluding hydrogens is 410 g/mol. The summed E-state index contributed by atoms with van der Waals surface area (Å²) in [5.74, 6) is 0.522. The highest BCUT2D eigenvalue weighted by molar-refractivity contribution is 14.0. The number of carbonyl (C=O) groups excluding carboxylic acids is 1. The summed E-state index contributed by atoms with van der Waals surface area (Å²) < 4.78 is 13.0. The lowest BCUT2D eigenvalue weighted by Gasteiger charge is -2.14. The summed E-state index contributed by atoms with van der Waals surface area (Å²) in [5.41, 5.74) is 2.05. The number of guanidine groups is 1. The number of hydrogen-bond acceptors (Lipinski definition) is 2. The Hall–Kier alpha value is -1.38. The summed E-state index contributed by atoms with van der Waals surface area (Å²) in [6.45, 7) is 3.12. The van der Waals surface area contributed by atoms with Crippen LogP contribution in [0.25, 0.3) is 0 Å². The van der Waals surface area contributed by atoms with Gasteiger partial charge in [0.2, 0.25) is 5.91 Å². The van der Waals surface area contributed by atoms with Gasteiger partial charge in [0.1, 0.15) is 5.82 Å². The average Bonchev–Trinajstić information content (AvgIpc) is 2.47. The van der Waals surface area contributed by atoms with Gasteiger partial charge in [0.05, 0.1) is 0 Å². The Balaban J connectivity index is 0.00000484. The number of amides is 1. The molecule has 130 valence electrons. The van der Waals surface area contributed by atoms with Gasteiger partial charge in [0.15, 0.2) is 5.96 Å². The van der Waals surface area contributed by atoms with Crippen molar-refractivity contribution < 1.29 is 9.18 Å². The predicted octanol–water partition coefficient (Wildman–Crippen LogP) is 1.94. The van der Waals surface area contributed by atoms with E-state index in [-0.39, 0.29) is 35.7 Å². The molecule has 0 fully saturated rings. The second-order valence-electron chi connectivity index (χ2n) is 5.28. The van der Waals surface area contributed by atoms with Crippen molar-refractivity contribution in [3.05, 3.63) is 35.1 Å². The Kier molecular flexibility index (Phi) is 10.5.